The zero-order valence-corrected chi connectivity index (χ0v) is 22.8. The van der Waals surface area contributed by atoms with E-state index in [-0.39, 0.29) is 17.4 Å². The van der Waals surface area contributed by atoms with Gasteiger partial charge in [-0.1, -0.05) is 62.4 Å². The number of rotatable bonds is 9. The van der Waals surface area contributed by atoms with E-state index in [9.17, 15) is 17.6 Å². The van der Waals surface area contributed by atoms with Gasteiger partial charge in [-0.25, -0.2) is 12.8 Å². The fourth-order valence-corrected chi connectivity index (χ4v) is 6.65. The van der Waals surface area contributed by atoms with E-state index in [4.69, 9.17) is 4.42 Å². The molecule has 1 aliphatic rings. The molecule has 39 heavy (non-hydrogen) atoms. The van der Waals surface area contributed by atoms with Gasteiger partial charge in [0.15, 0.2) is 0 Å². The Morgan fingerprint density at radius 1 is 0.974 bits per heavy atom. The minimum Gasteiger partial charge on any atom is -0.455 e. The van der Waals surface area contributed by atoms with Crippen molar-refractivity contribution < 1.29 is 22.0 Å². The van der Waals surface area contributed by atoms with Crippen LogP contribution in [-0.2, 0) is 10.0 Å². The van der Waals surface area contributed by atoms with Gasteiger partial charge in [-0.2, -0.15) is 0 Å². The highest BCUT2D eigenvalue weighted by atomic mass is 32.2. The van der Waals surface area contributed by atoms with Crippen molar-refractivity contribution in [3.8, 4) is 22.5 Å². The number of anilines is 1. The van der Waals surface area contributed by atoms with Gasteiger partial charge in [0, 0.05) is 29.6 Å². The second-order valence-electron chi connectivity index (χ2n) is 10.2. The van der Waals surface area contributed by atoms with Crippen molar-refractivity contribution in [2.75, 3.05) is 17.5 Å². The van der Waals surface area contributed by atoms with Gasteiger partial charge in [-0.05, 0) is 54.7 Å². The lowest BCUT2D eigenvalue weighted by molar-refractivity contribution is 0.0964. The molecule has 0 saturated heterocycles. The number of hydrogen-bond acceptors (Lipinski definition) is 4. The third kappa shape index (κ3) is 6.17. The van der Waals surface area contributed by atoms with Gasteiger partial charge in [0.05, 0.1) is 17.0 Å². The van der Waals surface area contributed by atoms with Crippen LogP contribution in [0.25, 0.3) is 33.4 Å². The van der Waals surface area contributed by atoms with E-state index in [1.807, 2.05) is 30.3 Å². The Hall–Kier alpha value is -3.65. The molecule has 0 aliphatic heterocycles. The van der Waals surface area contributed by atoms with Crippen molar-refractivity contribution in [1.29, 1.82) is 0 Å². The summed E-state index contributed by atoms with van der Waals surface area (Å²) < 4.78 is 48.9. The average Bonchev–Trinajstić information content (AvgIpc) is 3.31. The summed E-state index contributed by atoms with van der Waals surface area (Å²) in [5, 5.41) is 3.19. The van der Waals surface area contributed by atoms with Gasteiger partial charge in [0.2, 0.25) is 10.0 Å². The van der Waals surface area contributed by atoms with Crippen LogP contribution in [0.3, 0.4) is 0 Å². The third-order valence-corrected chi connectivity index (χ3v) is 8.85. The van der Waals surface area contributed by atoms with Gasteiger partial charge < -0.3 is 9.73 Å². The van der Waals surface area contributed by atoms with Gasteiger partial charge in [-0.3, -0.25) is 9.52 Å². The Morgan fingerprint density at radius 2 is 1.69 bits per heavy atom. The van der Waals surface area contributed by atoms with Crippen molar-refractivity contribution >= 4 is 32.6 Å². The smallest absolute Gasteiger partial charge is 0.255 e. The summed E-state index contributed by atoms with van der Waals surface area (Å²) in [5.41, 5.74) is 3.01. The maximum absolute atomic E-state index is 13.6. The average molecular weight is 549 g/mol. The number of nitrogens with one attached hydrogen (secondary N) is 2. The lowest BCUT2D eigenvalue weighted by atomic mass is 9.86. The van der Waals surface area contributed by atoms with Crippen LogP contribution in [0.4, 0.5) is 10.1 Å². The summed E-state index contributed by atoms with van der Waals surface area (Å²) in [7, 11) is -2.10. The summed E-state index contributed by atoms with van der Waals surface area (Å²) in [6, 6.07) is 18.5. The maximum Gasteiger partial charge on any atom is 0.255 e. The minimum absolute atomic E-state index is 0.0399. The molecule has 1 saturated carbocycles. The zero-order valence-electron chi connectivity index (χ0n) is 22.0. The van der Waals surface area contributed by atoms with Crippen LogP contribution in [0.5, 0.6) is 0 Å². The van der Waals surface area contributed by atoms with Crippen LogP contribution < -0.4 is 10.0 Å². The number of furan rings is 1. The molecular formula is C31H33FN2O4S. The summed E-state index contributed by atoms with van der Waals surface area (Å²) in [6.45, 7) is 0. The molecule has 0 atom stereocenters. The molecule has 3 aromatic carbocycles. The molecule has 1 aliphatic carbocycles. The molecule has 8 heteroatoms. The van der Waals surface area contributed by atoms with Crippen LogP contribution >= 0.6 is 0 Å². The number of hydrogen-bond donors (Lipinski definition) is 2. The largest absolute Gasteiger partial charge is 0.455 e. The second-order valence-corrected chi connectivity index (χ2v) is 12.1. The fraction of sp³-hybridized carbons (Fsp3) is 0.323. The highest BCUT2D eigenvalue weighted by molar-refractivity contribution is 7.92. The molecule has 0 bridgehead atoms. The van der Waals surface area contributed by atoms with Gasteiger partial charge in [-0.15, -0.1) is 0 Å². The Morgan fingerprint density at radius 3 is 2.38 bits per heavy atom. The van der Waals surface area contributed by atoms with Crippen LogP contribution in [0, 0.1) is 11.7 Å². The van der Waals surface area contributed by atoms with Crippen LogP contribution in [0.15, 0.2) is 71.1 Å². The molecule has 0 unspecified atom stereocenters. The van der Waals surface area contributed by atoms with E-state index in [1.165, 1.54) is 51.3 Å². The normalized spacial score (nSPS) is 14.4. The van der Waals surface area contributed by atoms with Gasteiger partial charge in [0.1, 0.15) is 17.2 Å². The molecule has 4 aromatic rings. The first kappa shape index (κ1) is 26.9. The van der Waals surface area contributed by atoms with E-state index < -0.39 is 15.8 Å². The molecule has 2 N–H and O–H groups in total. The number of benzene rings is 3. The lowest BCUT2D eigenvalue weighted by Crippen LogP contribution is -2.19. The number of amides is 1. The molecule has 0 spiro atoms. The minimum atomic E-state index is -3.63. The molecule has 1 aromatic heterocycles. The highest BCUT2D eigenvalue weighted by Crippen LogP contribution is 2.40. The maximum atomic E-state index is 13.6. The highest BCUT2D eigenvalue weighted by Gasteiger charge is 2.25. The van der Waals surface area contributed by atoms with E-state index in [0.29, 0.717) is 45.7 Å². The van der Waals surface area contributed by atoms with E-state index in [2.05, 4.69) is 10.0 Å². The van der Waals surface area contributed by atoms with Crippen molar-refractivity contribution in [2.24, 2.45) is 5.92 Å². The number of fused-ring (bicyclic) bond motifs is 1. The Bertz CT molecular complexity index is 1560. The number of halogens is 1. The van der Waals surface area contributed by atoms with Crippen molar-refractivity contribution in [3.63, 3.8) is 0 Å². The monoisotopic (exact) mass is 548 g/mol. The van der Waals surface area contributed by atoms with Crippen LogP contribution in [-0.4, -0.2) is 27.1 Å². The molecule has 5 rings (SSSR count). The SMILES string of the molecule is CNC(=O)c1c(-c2ccc(F)cc2)oc2cc(NS(=O)(=O)CCCC3CCCCC3)c(-c3ccccc3)cc12. The first-order valence-corrected chi connectivity index (χ1v) is 15.1. The van der Waals surface area contributed by atoms with Crippen LogP contribution in [0.1, 0.15) is 55.3 Å². The Kier molecular flexibility index (Phi) is 8.02. The fourth-order valence-electron chi connectivity index (χ4n) is 5.50. The molecule has 1 heterocycles. The molecule has 1 amide bonds. The predicted molar refractivity (Wildman–Crippen MR) is 154 cm³/mol. The molecule has 1 fully saturated rings. The van der Waals surface area contributed by atoms with E-state index >= 15 is 0 Å². The zero-order chi connectivity index (χ0) is 27.4. The van der Waals surface area contributed by atoms with Gasteiger partial charge in [0.25, 0.3) is 5.91 Å². The molecule has 0 radical (unpaired) electrons. The van der Waals surface area contributed by atoms with Gasteiger partial charge >= 0.3 is 0 Å². The number of sulfonamides is 1. The summed E-state index contributed by atoms with van der Waals surface area (Å²) >= 11 is 0. The van der Waals surface area contributed by atoms with Crippen molar-refractivity contribution in [1.82, 2.24) is 5.32 Å². The first-order chi connectivity index (χ1) is 18.8. The Labute approximate surface area is 228 Å². The molecule has 204 valence electrons. The third-order valence-electron chi connectivity index (χ3n) is 7.49. The van der Waals surface area contributed by atoms with E-state index in [0.717, 1.165) is 12.0 Å². The quantitative estimate of drug-likeness (QED) is 0.229. The van der Waals surface area contributed by atoms with Crippen molar-refractivity contribution in [3.05, 3.63) is 78.1 Å². The summed E-state index contributed by atoms with van der Waals surface area (Å²) in [4.78, 5) is 13.0. The topological polar surface area (TPSA) is 88.4 Å². The molecule has 6 nitrogen and oxygen atoms in total. The lowest BCUT2D eigenvalue weighted by Gasteiger charge is -2.21. The van der Waals surface area contributed by atoms with Crippen LogP contribution in [0.2, 0.25) is 0 Å². The predicted octanol–water partition coefficient (Wildman–Crippen LogP) is 7.37. The Balaban J connectivity index is 1.54. The van der Waals surface area contributed by atoms with Crippen molar-refractivity contribution in [2.45, 2.75) is 44.9 Å². The summed E-state index contributed by atoms with van der Waals surface area (Å²) in [5.74, 6) is 0.182. The standard InChI is InChI=1S/C31H33FN2O4S/c1-33-31(35)29-26-19-25(22-12-6-3-7-13-22)27(20-28(26)38-30(29)23-14-16-24(32)17-15-23)34-39(36,37)18-8-11-21-9-4-2-5-10-21/h3,6-7,12-17,19-21,34H,2,4-5,8-11,18H2,1H3,(H,33,35). The number of carbonyl (C=O) groups is 1. The van der Waals surface area contributed by atoms with E-state index in [1.54, 1.807) is 24.3 Å². The summed E-state index contributed by atoms with van der Waals surface area (Å²) in [6.07, 6.45) is 7.64. The molecular weight excluding hydrogens is 515 g/mol. The first-order valence-electron chi connectivity index (χ1n) is 13.5. The second kappa shape index (κ2) is 11.6. The number of carbonyl (C=O) groups excluding carboxylic acids is 1.